The second kappa shape index (κ2) is 13.0. The molecule has 3 aliphatic rings. The molecular formula is C27H35F3N6O5. The Kier molecular flexibility index (Phi) is 9.18. The number of amides is 1. The van der Waals surface area contributed by atoms with Crippen LogP contribution in [-0.4, -0.2) is 103 Å². The van der Waals surface area contributed by atoms with Crippen molar-refractivity contribution in [2.75, 3.05) is 76.4 Å². The Bertz CT molecular complexity index is 1190. The van der Waals surface area contributed by atoms with E-state index in [2.05, 4.69) is 20.6 Å². The Hall–Kier alpha value is -3.52. The Morgan fingerprint density at radius 1 is 1.15 bits per heavy atom. The standard InChI is InChI=1S/C27H35F3N6O5/c28-27(29,30)18-35-16-21-14-23(40-9-3-22-17-36-26(33-22)31-4-5-32-36)2-1-19(21)13-20(25(35)38)15-24(37)41-12-8-34-6-10-39-11-7-34/h1-2,14,17,20,32H,3-13,15-16,18H2,(H,31,33)/t20-/m0/s1. The molecule has 1 aromatic carbocycles. The number of morpholine rings is 1. The van der Waals surface area contributed by atoms with E-state index in [1.54, 1.807) is 18.2 Å². The highest BCUT2D eigenvalue weighted by Crippen LogP contribution is 2.30. The minimum atomic E-state index is -4.58. The highest BCUT2D eigenvalue weighted by atomic mass is 19.4. The number of imidazole rings is 1. The maximum absolute atomic E-state index is 13.4. The van der Waals surface area contributed by atoms with Crippen LogP contribution in [-0.2, 0) is 38.4 Å². The van der Waals surface area contributed by atoms with Gasteiger partial charge in [0.25, 0.3) is 0 Å². The van der Waals surface area contributed by atoms with E-state index in [1.165, 1.54) is 0 Å². The average molecular weight is 581 g/mol. The van der Waals surface area contributed by atoms with Gasteiger partial charge in [0.05, 0.1) is 44.1 Å². The lowest BCUT2D eigenvalue weighted by atomic mass is 9.94. The second-order valence-corrected chi connectivity index (χ2v) is 10.4. The first kappa shape index (κ1) is 29.0. The Balaban J connectivity index is 1.21. The highest BCUT2D eigenvalue weighted by Gasteiger charge is 2.38. The number of halogens is 3. The number of aromatic nitrogens is 2. The number of benzene rings is 1. The Morgan fingerprint density at radius 3 is 2.76 bits per heavy atom. The summed E-state index contributed by atoms with van der Waals surface area (Å²) in [6.45, 7) is 3.69. The number of hydrogen-bond donors (Lipinski definition) is 2. The van der Waals surface area contributed by atoms with Gasteiger partial charge >= 0.3 is 12.1 Å². The predicted molar refractivity (Wildman–Crippen MR) is 142 cm³/mol. The molecule has 224 valence electrons. The van der Waals surface area contributed by atoms with E-state index in [1.807, 2.05) is 10.9 Å². The van der Waals surface area contributed by atoms with Gasteiger partial charge in [0.1, 0.15) is 18.9 Å². The first-order chi connectivity index (χ1) is 19.7. The molecule has 5 rings (SSSR count). The summed E-state index contributed by atoms with van der Waals surface area (Å²) in [7, 11) is 0. The van der Waals surface area contributed by atoms with Crippen molar-refractivity contribution in [2.24, 2.45) is 5.92 Å². The number of fused-ring (bicyclic) bond motifs is 2. The van der Waals surface area contributed by atoms with Crippen molar-refractivity contribution in [3.63, 3.8) is 0 Å². The quantitative estimate of drug-likeness (QED) is 0.407. The second-order valence-electron chi connectivity index (χ2n) is 10.4. The van der Waals surface area contributed by atoms with Crippen LogP contribution in [0.15, 0.2) is 24.4 Å². The van der Waals surface area contributed by atoms with E-state index in [0.29, 0.717) is 49.7 Å². The van der Waals surface area contributed by atoms with Gasteiger partial charge in [-0.1, -0.05) is 6.07 Å². The normalized spacial score (nSPS) is 19.4. The Morgan fingerprint density at radius 2 is 1.98 bits per heavy atom. The lowest BCUT2D eigenvalue weighted by Crippen LogP contribution is -2.41. The van der Waals surface area contributed by atoms with Gasteiger partial charge in [-0.3, -0.25) is 14.5 Å². The summed E-state index contributed by atoms with van der Waals surface area (Å²) in [5.41, 5.74) is 5.30. The zero-order chi connectivity index (χ0) is 28.8. The molecule has 0 spiro atoms. The van der Waals surface area contributed by atoms with Crippen molar-refractivity contribution in [3.05, 3.63) is 41.2 Å². The number of rotatable bonds is 10. The minimum Gasteiger partial charge on any atom is -0.493 e. The molecule has 1 saturated heterocycles. The van der Waals surface area contributed by atoms with Crippen LogP contribution in [0.5, 0.6) is 5.75 Å². The molecule has 3 aliphatic heterocycles. The molecule has 0 radical (unpaired) electrons. The van der Waals surface area contributed by atoms with E-state index in [0.717, 1.165) is 42.7 Å². The molecule has 2 N–H and O–H groups in total. The van der Waals surface area contributed by atoms with Gasteiger partial charge in [0.2, 0.25) is 11.9 Å². The summed E-state index contributed by atoms with van der Waals surface area (Å²) < 4.78 is 58.6. The first-order valence-corrected chi connectivity index (χ1v) is 13.9. The van der Waals surface area contributed by atoms with Gasteiger partial charge in [-0.2, -0.15) is 13.2 Å². The summed E-state index contributed by atoms with van der Waals surface area (Å²) >= 11 is 0. The van der Waals surface area contributed by atoms with Gasteiger partial charge < -0.3 is 29.9 Å². The zero-order valence-electron chi connectivity index (χ0n) is 22.8. The van der Waals surface area contributed by atoms with Gasteiger partial charge in [-0.05, 0) is 29.7 Å². The topological polar surface area (TPSA) is 110 Å². The van der Waals surface area contributed by atoms with Crippen molar-refractivity contribution < 1.29 is 37.0 Å². The number of nitrogens with one attached hydrogen (secondary N) is 2. The number of alkyl halides is 3. The minimum absolute atomic E-state index is 0.140. The van der Waals surface area contributed by atoms with Gasteiger partial charge in [0, 0.05) is 45.7 Å². The van der Waals surface area contributed by atoms with E-state index in [-0.39, 0.29) is 26.0 Å². The molecule has 1 aromatic heterocycles. The third-order valence-electron chi connectivity index (χ3n) is 7.30. The molecule has 2 aromatic rings. The van der Waals surface area contributed by atoms with Crippen molar-refractivity contribution in [1.82, 2.24) is 19.5 Å². The highest BCUT2D eigenvalue weighted by molar-refractivity contribution is 5.84. The summed E-state index contributed by atoms with van der Waals surface area (Å²) in [6, 6.07) is 5.17. The molecule has 1 amide bonds. The molecule has 14 heteroatoms. The summed E-state index contributed by atoms with van der Waals surface area (Å²) in [5.74, 6) is -1.03. The molecule has 11 nitrogen and oxygen atoms in total. The van der Waals surface area contributed by atoms with Crippen LogP contribution in [0.3, 0.4) is 0 Å². The number of nitrogens with zero attached hydrogens (tertiary/aromatic N) is 4. The van der Waals surface area contributed by atoms with Crippen LogP contribution in [0.1, 0.15) is 23.2 Å². The maximum Gasteiger partial charge on any atom is 0.406 e. The summed E-state index contributed by atoms with van der Waals surface area (Å²) in [5, 5.41) is 3.19. The number of carbonyl (C=O) groups excluding carboxylic acids is 2. The first-order valence-electron chi connectivity index (χ1n) is 13.9. The average Bonchev–Trinajstić information content (AvgIpc) is 3.31. The lowest BCUT2D eigenvalue weighted by molar-refractivity contribution is -0.166. The number of ether oxygens (including phenoxy) is 3. The van der Waals surface area contributed by atoms with Crippen LogP contribution in [0, 0.1) is 5.92 Å². The SMILES string of the molecule is O=C(C[C@@H]1Cc2ccc(OCCc3cn4c(n3)NCCN4)cc2CN(CC(F)(F)F)C1=O)OCCN1CCOCC1. The van der Waals surface area contributed by atoms with Crippen LogP contribution in [0.4, 0.5) is 19.1 Å². The van der Waals surface area contributed by atoms with Crippen molar-refractivity contribution in [1.29, 1.82) is 0 Å². The molecule has 1 fully saturated rings. The fraction of sp³-hybridized carbons (Fsp3) is 0.593. The van der Waals surface area contributed by atoms with Crippen molar-refractivity contribution >= 4 is 17.8 Å². The number of esters is 1. The van der Waals surface area contributed by atoms with Crippen LogP contribution >= 0.6 is 0 Å². The number of carbonyl (C=O) groups is 2. The fourth-order valence-electron chi connectivity index (χ4n) is 5.23. The molecule has 0 saturated carbocycles. The van der Waals surface area contributed by atoms with Crippen molar-refractivity contribution in [2.45, 2.75) is 32.0 Å². The lowest BCUT2D eigenvalue weighted by Gasteiger charge is -2.26. The third kappa shape index (κ3) is 8.03. The Labute approximate surface area is 235 Å². The van der Waals surface area contributed by atoms with E-state index >= 15 is 0 Å². The molecule has 4 heterocycles. The molecule has 0 bridgehead atoms. The van der Waals surface area contributed by atoms with Gasteiger partial charge in [0.15, 0.2) is 0 Å². The molecular weight excluding hydrogens is 545 g/mol. The van der Waals surface area contributed by atoms with Gasteiger partial charge in [-0.15, -0.1) is 0 Å². The monoisotopic (exact) mass is 580 g/mol. The summed E-state index contributed by atoms with van der Waals surface area (Å²) in [4.78, 5) is 33.1. The van der Waals surface area contributed by atoms with Crippen molar-refractivity contribution in [3.8, 4) is 5.75 Å². The van der Waals surface area contributed by atoms with E-state index in [9.17, 15) is 22.8 Å². The van der Waals surface area contributed by atoms with Crippen LogP contribution < -0.4 is 15.5 Å². The molecule has 0 unspecified atom stereocenters. The van der Waals surface area contributed by atoms with Crippen LogP contribution in [0.25, 0.3) is 0 Å². The third-order valence-corrected chi connectivity index (χ3v) is 7.30. The fourth-order valence-corrected chi connectivity index (χ4v) is 5.23. The predicted octanol–water partition coefficient (Wildman–Crippen LogP) is 1.80. The molecule has 41 heavy (non-hydrogen) atoms. The molecule has 1 atom stereocenters. The molecule has 0 aliphatic carbocycles. The van der Waals surface area contributed by atoms with E-state index < -0.39 is 30.5 Å². The maximum atomic E-state index is 13.4. The smallest absolute Gasteiger partial charge is 0.406 e. The van der Waals surface area contributed by atoms with Gasteiger partial charge in [-0.25, -0.2) is 9.66 Å². The number of hydrogen-bond acceptors (Lipinski definition) is 9. The zero-order valence-corrected chi connectivity index (χ0v) is 22.8. The number of anilines is 1. The van der Waals surface area contributed by atoms with Crippen LogP contribution in [0.2, 0.25) is 0 Å². The largest absolute Gasteiger partial charge is 0.493 e. The van der Waals surface area contributed by atoms with E-state index in [4.69, 9.17) is 14.2 Å². The summed E-state index contributed by atoms with van der Waals surface area (Å²) in [6.07, 6.45) is -2.30.